The summed E-state index contributed by atoms with van der Waals surface area (Å²) in [4.78, 5) is 14.7. The second-order valence-corrected chi connectivity index (χ2v) is 6.30. The Morgan fingerprint density at radius 3 is 2.75 bits per heavy atom. The summed E-state index contributed by atoms with van der Waals surface area (Å²) < 4.78 is 6.04. The molecule has 110 valence electrons. The Hall–Kier alpha value is -0.710. The maximum absolute atomic E-state index is 12.5. The molecule has 0 saturated heterocycles. The van der Waals surface area contributed by atoms with Crippen molar-refractivity contribution in [3.8, 4) is 0 Å². The molecule has 1 aliphatic carbocycles. The summed E-state index contributed by atoms with van der Waals surface area (Å²) in [5.74, 6) is 0.917. The van der Waals surface area contributed by atoms with E-state index in [0.717, 1.165) is 22.5 Å². The van der Waals surface area contributed by atoms with Crippen LogP contribution in [0.3, 0.4) is 0 Å². The third-order valence-electron chi connectivity index (χ3n) is 3.98. The molecule has 0 radical (unpaired) electrons. The molecular formula is C16H22BrNO2. The SMILES string of the molecule is COCCN(CC(=O)c1ccccc1Br)C(C)C1CC1. The molecule has 0 amide bonds. The number of benzene rings is 1. The highest BCUT2D eigenvalue weighted by Crippen LogP contribution is 2.35. The highest BCUT2D eigenvalue weighted by Gasteiger charge is 2.32. The zero-order chi connectivity index (χ0) is 14.5. The average Bonchev–Trinajstić information content (AvgIpc) is 3.27. The van der Waals surface area contributed by atoms with Crippen LogP contribution in [0.5, 0.6) is 0 Å². The summed E-state index contributed by atoms with van der Waals surface area (Å²) in [5.41, 5.74) is 0.762. The summed E-state index contributed by atoms with van der Waals surface area (Å²) in [5, 5.41) is 0. The van der Waals surface area contributed by atoms with Gasteiger partial charge in [0.15, 0.2) is 5.78 Å². The topological polar surface area (TPSA) is 29.5 Å². The van der Waals surface area contributed by atoms with Gasteiger partial charge in [0.25, 0.3) is 0 Å². The number of hydrogen-bond donors (Lipinski definition) is 0. The number of ether oxygens (including phenoxy) is 1. The monoisotopic (exact) mass is 339 g/mol. The quantitative estimate of drug-likeness (QED) is 0.680. The first kappa shape index (κ1) is 15.7. The molecule has 3 nitrogen and oxygen atoms in total. The van der Waals surface area contributed by atoms with Gasteiger partial charge in [0, 0.05) is 29.7 Å². The maximum atomic E-state index is 12.5. The molecule has 1 saturated carbocycles. The predicted octanol–water partition coefficient (Wildman–Crippen LogP) is 3.38. The van der Waals surface area contributed by atoms with Gasteiger partial charge in [-0.15, -0.1) is 0 Å². The zero-order valence-corrected chi connectivity index (χ0v) is 13.7. The summed E-state index contributed by atoms with van der Waals surface area (Å²) in [6.45, 7) is 4.16. The van der Waals surface area contributed by atoms with E-state index >= 15 is 0 Å². The molecule has 1 aromatic carbocycles. The van der Waals surface area contributed by atoms with Crippen molar-refractivity contribution >= 4 is 21.7 Å². The molecule has 0 aliphatic heterocycles. The second kappa shape index (κ2) is 7.34. The van der Waals surface area contributed by atoms with Crippen molar-refractivity contribution in [1.82, 2.24) is 4.90 Å². The lowest BCUT2D eigenvalue weighted by Crippen LogP contribution is -2.40. The molecule has 1 aliphatic rings. The fourth-order valence-corrected chi connectivity index (χ4v) is 2.97. The number of carbonyl (C=O) groups is 1. The van der Waals surface area contributed by atoms with Crippen LogP contribution in [-0.2, 0) is 4.74 Å². The van der Waals surface area contributed by atoms with Crippen LogP contribution in [0, 0.1) is 5.92 Å². The van der Waals surface area contributed by atoms with E-state index in [1.54, 1.807) is 7.11 Å². The lowest BCUT2D eigenvalue weighted by Gasteiger charge is -2.28. The molecule has 0 spiro atoms. The lowest BCUT2D eigenvalue weighted by molar-refractivity contribution is 0.0816. The fraction of sp³-hybridized carbons (Fsp3) is 0.562. The third kappa shape index (κ3) is 4.14. The number of hydrogen-bond acceptors (Lipinski definition) is 3. The average molecular weight is 340 g/mol. The van der Waals surface area contributed by atoms with Gasteiger partial charge in [-0.05, 0) is 31.7 Å². The molecule has 1 atom stereocenters. The van der Waals surface area contributed by atoms with Crippen LogP contribution in [0.2, 0.25) is 0 Å². The first-order chi connectivity index (χ1) is 9.63. The summed E-state index contributed by atoms with van der Waals surface area (Å²) in [6, 6.07) is 8.08. The van der Waals surface area contributed by atoms with Gasteiger partial charge >= 0.3 is 0 Å². The number of Topliss-reactive ketones (excluding diaryl/α,β-unsaturated/α-hetero) is 1. The van der Waals surface area contributed by atoms with Crippen LogP contribution in [0.25, 0.3) is 0 Å². The molecular weight excluding hydrogens is 318 g/mol. The zero-order valence-electron chi connectivity index (χ0n) is 12.1. The summed E-state index contributed by atoms with van der Waals surface area (Å²) in [7, 11) is 1.70. The molecule has 1 fully saturated rings. The number of rotatable bonds is 8. The van der Waals surface area contributed by atoms with Crippen molar-refractivity contribution in [3.63, 3.8) is 0 Å². The van der Waals surface area contributed by atoms with Gasteiger partial charge in [-0.2, -0.15) is 0 Å². The highest BCUT2D eigenvalue weighted by atomic mass is 79.9. The van der Waals surface area contributed by atoms with Crippen LogP contribution in [0.1, 0.15) is 30.1 Å². The Bertz CT molecular complexity index is 460. The van der Waals surface area contributed by atoms with E-state index < -0.39 is 0 Å². The number of nitrogens with zero attached hydrogens (tertiary/aromatic N) is 1. The van der Waals surface area contributed by atoms with Gasteiger partial charge in [-0.25, -0.2) is 0 Å². The van der Waals surface area contributed by atoms with Crippen LogP contribution in [0.15, 0.2) is 28.7 Å². The van der Waals surface area contributed by atoms with E-state index in [0.29, 0.717) is 19.2 Å². The van der Waals surface area contributed by atoms with E-state index in [-0.39, 0.29) is 5.78 Å². The highest BCUT2D eigenvalue weighted by molar-refractivity contribution is 9.10. The van der Waals surface area contributed by atoms with E-state index in [4.69, 9.17) is 4.74 Å². The Kier molecular flexibility index (Phi) is 5.75. The van der Waals surface area contributed by atoms with Gasteiger partial charge in [0.1, 0.15) is 0 Å². The predicted molar refractivity (Wildman–Crippen MR) is 84.1 cm³/mol. The van der Waals surface area contributed by atoms with Crippen LogP contribution in [-0.4, -0.2) is 43.5 Å². The first-order valence-electron chi connectivity index (χ1n) is 7.14. The summed E-state index contributed by atoms with van der Waals surface area (Å²) in [6.07, 6.45) is 2.57. The van der Waals surface area contributed by atoms with Gasteiger partial charge in [0.2, 0.25) is 0 Å². The largest absolute Gasteiger partial charge is 0.383 e. The van der Waals surface area contributed by atoms with Gasteiger partial charge in [0.05, 0.1) is 13.2 Å². The smallest absolute Gasteiger partial charge is 0.177 e. The molecule has 0 aromatic heterocycles. The van der Waals surface area contributed by atoms with Crippen molar-refractivity contribution in [2.45, 2.75) is 25.8 Å². The molecule has 0 bridgehead atoms. The number of halogens is 1. The molecule has 1 unspecified atom stereocenters. The normalized spacial score (nSPS) is 16.4. The van der Waals surface area contributed by atoms with Crippen molar-refractivity contribution in [3.05, 3.63) is 34.3 Å². The maximum Gasteiger partial charge on any atom is 0.177 e. The van der Waals surface area contributed by atoms with Crippen LogP contribution < -0.4 is 0 Å². The van der Waals surface area contributed by atoms with E-state index in [1.165, 1.54) is 12.8 Å². The fourth-order valence-electron chi connectivity index (χ4n) is 2.47. The molecule has 20 heavy (non-hydrogen) atoms. The van der Waals surface area contributed by atoms with Crippen molar-refractivity contribution in [2.24, 2.45) is 5.92 Å². The Balaban J connectivity index is 2.02. The van der Waals surface area contributed by atoms with Crippen LogP contribution >= 0.6 is 15.9 Å². The van der Waals surface area contributed by atoms with Crippen molar-refractivity contribution in [2.75, 3.05) is 26.8 Å². The minimum absolute atomic E-state index is 0.168. The first-order valence-corrected chi connectivity index (χ1v) is 7.93. The van der Waals surface area contributed by atoms with Gasteiger partial charge in [-0.1, -0.05) is 34.1 Å². The van der Waals surface area contributed by atoms with E-state index in [2.05, 4.69) is 27.8 Å². The minimum Gasteiger partial charge on any atom is -0.383 e. The molecule has 2 rings (SSSR count). The minimum atomic E-state index is 0.168. The standard InChI is InChI=1S/C16H22BrNO2/c1-12(13-7-8-13)18(9-10-20-2)11-16(19)14-5-3-4-6-15(14)17/h3-6,12-13H,7-11H2,1-2H3. The van der Waals surface area contributed by atoms with Crippen molar-refractivity contribution < 1.29 is 9.53 Å². The van der Waals surface area contributed by atoms with E-state index in [9.17, 15) is 4.79 Å². The summed E-state index contributed by atoms with van der Waals surface area (Å²) >= 11 is 3.45. The Labute approximate surface area is 129 Å². The van der Waals surface area contributed by atoms with E-state index in [1.807, 2.05) is 24.3 Å². The molecule has 0 N–H and O–H groups in total. The second-order valence-electron chi connectivity index (χ2n) is 5.44. The van der Waals surface area contributed by atoms with Gasteiger partial charge in [-0.3, -0.25) is 9.69 Å². The third-order valence-corrected chi connectivity index (χ3v) is 4.68. The lowest BCUT2D eigenvalue weighted by atomic mass is 10.1. The van der Waals surface area contributed by atoms with Gasteiger partial charge < -0.3 is 4.74 Å². The molecule has 0 heterocycles. The molecule has 4 heteroatoms. The van der Waals surface area contributed by atoms with Crippen molar-refractivity contribution in [1.29, 1.82) is 0 Å². The number of methoxy groups -OCH3 is 1. The van der Waals surface area contributed by atoms with Crippen LogP contribution in [0.4, 0.5) is 0 Å². The molecule has 1 aromatic rings. The Morgan fingerprint density at radius 1 is 1.45 bits per heavy atom. The Morgan fingerprint density at radius 2 is 2.15 bits per heavy atom. The number of carbonyl (C=O) groups excluding carboxylic acids is 1. The number of ketones is 1.